The topological polar surface area (TPSA) is 124 Å². The third-order valence-corrected chi connectivity index (χ3v) is 1.97. The summed E-state index contributed by atoms with van der Waals surface area (Å²) in [5, 5.41) is 19.8. The molecule has 2 heterocycles. The van der Waals surface area contributed by atoms with Crippen molar-refractivity contribution in [1.29, 1.82) is 0 Å². The number of aromatic carboxylic acids is 1. The van der Waals surface area contributed by atoms with Gasteiger partial charge in [-0.3, -0.25) is 4.79 Å². The quantitative estimate of drug-likeness (QED) is 0.733. The van der Waals surface area contributed by atoms with E-state index in [0.717, 1.165) is 0 Å². The third-order valence-electron chi connectivity index (χ3n) is 1.97. The van der Waals surface area contributed by atoms with E-state index < -0.39 is 11.9 Å². The molecule has 0 fully saturated rings. The van der Waals surface area contributed by atoms with Gasteiger partial charge in [0.15, 0.2) is 11.5 Å². The molecule has 17 heavy (non-hydrogen) atoms. The summed E-state index contributed by atoms with van der Waals surface area (Å²) in [7, 11) is 0. The Kier molecular flexibility index (Phi) is 2.53. The molecule has 0 atom stereocenters. The zero-order valence-corrected chi connectivity index (χ0v) is 8.44. The lowest BCUT2D eigenvalue weighted by Crippen LogP contribution is -2.14. The fraction of sp³-hybridized carbons (Fsp3) is 0. The Morgan fingerprint density at radius 2 is 2.06 bits per heavy atom. The van der Waals surface area contributed by atoms with E-state index in [1.165, 1.54) is 29.2 Å². The fourth-order valence-corrected chi connectivity index (χ4v) is 1.14. The molecule has 2 aromatic rings. The van der Waals surface area contributed by atoms with Crippen LogP contribution in [0.5, 0.6) is 0 Å². The molecule has 0 spiro atoms. The maximum Gasteiger partial charge on any atom is 0.338 e. The molecule has 3 N–H and O–H groups in total. The second kappa shape index (κ2) is 4.00. The molecule has 2 rings (SSSR count). The molecule has 8 nitrogen and oxygen atoms in total. The number of hydrogen-bond donors (Lipinski definition) is 2. The Balaban J connectivity index is 2.33. The minimum Gasteiger partial charge on any atom is -0.478 e. The number of carboxylic acids is 1. The highest BCUT2D eigenvalue weighted by molar-refractivity contribution is 5.90. The van der Waals surface area contributed by atoms with Gasteiger partial charge >= 0.3 is 5.97 Å². The molecular weight excluding hydrogens is 226 g/mol. The number of rotatable bonds is 3. The van der Waals surface area contributed by atoms with Crippen LogP contribution in [0.4, 0.5) is 0 Å². The number of primary amides is 1. The van der Waals surface area contributed by atoms with Crippen LogP contribution in [0.3, 0.4) is 0 Å². The van der Waals surface area contributed by atoms with Crippen LogP contribution in [0.2, 0.25) is 0 Å². The summed E-state index contributed by atoms with van der Waals surface area (Å²) in [5.74, 6) is -1.48. The van der Waals surface area contributed by atoms with Gasteiger partial charge in [-0.25, -0.2) is 9.48 Å². The molecule has 0 unspecified atom stereocenters. The molecule has 0 aliphatic carbocycles. The van der Waals surface area contributed by atoms with E-state index in [1.54, 1.807) is 0 Å². The molecule has 8 heteroatoms. The number of aromatic nitrogens is 4. The summed E-state index contributed by atoms with van der Waals surface area (Å²) in [4.78, 5) is 21.4. The molecule has 0 aromatic carbocycles. The maximum atomic E-state index is 10.8. The van der Waals surface area contributed by atoms with Crippen molar-refractivity contribution in [2.45, 2.75) is 0 Å². The first kappa shape index (κ1) is 10.7. The van der Waals surface area contributed by atoms with Crippen molar-refractivity contribution in [1.82, 2.24) is 20.0 Å². The van der Waals surface area contributed by atoms with Gasteiger partial charge in [0, 0.05) is 6.20 Å². The maximum absolute atomic E-state index is 10.8. The van der Waals surface area contributed by atoms with E-state index in [2.05, 4.69) is 15.3 Å². The Morgan fingerprint density at radius 3 is 2.53 bits per heavy atom. The van der Waals surface area contributed by atoms with Crippen LogP contribution in [0.25, 0.3) is 5.82 Å². The van der Waals surface area contributed by atoms with Crippen molar-refractivity contribution >= 4 is 11.9 Å². The Morgan fingerprint density at radius 1 is 1.29 bits per heavy atom. The molecule has 2 aromatic heterocycles. The van der Waals surface area contributed by atoms with E-state index in [4.69, 9.17) is 10.8 Å². The minimum atomic E-state index is -1.09. The van der Waals surface area contributed by atoms with Crippen LogP contribution < -0.4 is 5.73 Å². The summed E-state index contributed by atoms with van der Waals surface area (Å²) in [6.45, 7) is 0. The smallest absolute Gasteiger partial charge is 0.338 e. The van der Waals surface area contributed by atoms with E-state index in [0.29, 0.717) is 5.82 Å². The number of carbonyl (C=O) groups is 2. The monoisotopic (exact) mass is 233 g/mol. The predicted molar refractivity (Wildman–Crippen MR) is 54.6 cm³/mol. The normalized spacial score (nSPS) is 10.1. The summed E-state index contributed by atoms with van der Waals surface area (Å²) in [5.41, 5.74) is 5.07. The summed E-state index contributed by atoms with van der Waals surface area (Å²) in [6.07, 6.45) is 2.47. The zero-order chi connectivity index (χ0) is 12.4. The highest BCUT2D eigenvalue weighted by Crippen LogP contribution is 2.05. The van der Waals surface area contributed by atoms with Crippen LogP contribution >= 0.6 is 0 Å². The molecule has 86 valence electrons. The number of carboxylic acid groups (broad SMARTS) is 1. The Hall–Kier alpha value is -2.77. The first-order chi connectivity index (χ1) is 8.08. The van der Waals surface area contributed by atoms with Crippen LogP contribution in [0.15, 0.2) is 24.5 Å². The standard InChI is InChI=1S/C9H7N5O3/c10-8(15)6-1-2-7(13-12-6)14-4-5(3-11-14)9(16)17/h1-4H,(H2,10,15)(H,16,17). The van der Waals surface area contributed by atoms with Crippen LogP contribution in [-0.4, -0.2) is 37.0 Å². The first-order valence-electron chi connectivity index (χ1n) is 4.50. The van der Waals surface area contributed by atoms with Gasteiger partial charge in [0.1, 0.15) is 0 Å². The van der Waals surface area contributed by atoms with Gasteiger partial charge < -0.3 is 10.8 Å². The van der Waals surface area contributed by atoms with E-state index in [1.807, 2.05) is 0 Å². The second-order valence-electron chi connectivity index (χ2n) is 3.12. The molecule has 0 aliphatic rings. The van der Waals surface area contributed by atoms with Gasteiger partial charge in [0.2, 0.25) is 0 Å². The molecule has 0 bridgehead atoms. The van der Waals surface area contributed by atoms with E-state index in [9.17, 15) is 9.59 Å². The molecule has 0 saturated carbocycles. The minimum absolute atomic E-state index is 0.0272. The molecule has 0 radical (unpaired) electrons. The van der Waals surface area contributed by atoms with Gasteiger partial charge in [0.25, 0.3) is 5.91 Å². The van der Waals surface area contributed by atoms with Crippen molar-refractivity contribution in [2.24, 2.45) is 5.73 Å². The van der Waals surface area contributed by atoms with Gasteiger partial charge in [-0.05, 0) is 12.1 Å². The van der Waals surface area contributed by atoms with Gasteiger partial charge in [0.05, 0.1) is 11.8 Å². The highest BCUT2D eigenvalue weighted by atomic mass is 16.4. The lowest BCUT2D eigenvalue weighted by Gasteiger charge is -1.98. The highest BCUT2D eigenvalue weighted by Gasteiger charge is 2.09. The Bertz CT molecular complexity index is 575. The number of nitrogens with zero attached hydrogens (tertiary/aromatic N) is 4. The molecule has 1 amide bonds. The third kappa shape index (κ3) is 2.09. The summed E-state index contributed by atoms with van der Waals surface area (Å²) >= 11 is 0. The largest absolute Gasteiger partial charge is 0.478 e. The number of nitrogens with two attached hydrogens (primary N) is 1. The van der Waals surface area contributed by atoms with Gasteiger partial charge in [-0.15, -0.1) is 10.2 Å². The molecule has 0 aliphatic heterocycles. The van der Waals surface area contributed by atoms with Crippen molar-refractivity contribution in [3.63, 3.8) is 0 Å². The second-order valence-corrected chi connectivity index (χ2v) is 3.12. The van der Waals surface area contributed by atoms with Crippen molar-refractivity contribution in [2.75, 3.05) is 0 Å². The van der Waals surface area contributed by atoms with Crippen molar-refractivity contribution < 1.29 is 14.7 Å². The van der Waals surface area contributed by atoms with Crippen molar-refractivity contribution in [3.8, 4) is 5.82 Å². The lowest BCUT2D eigenvalue weighted by molar-refractivity contribution is 0.0696. The summed E-state index contributed by atoms with van der Waals surface area (Å²) in [6, 6.07) is 2.85. The first-order valence-corrected chi connectivity index (χ1v) is 4.50. The predicted octanol–water partition coefficient (Wildman–Crippen LogP) is -0.541. The van der Waals surface area contributed by atoms with Gasteiger partial charge in [-0.1, -0.05) is 0 Å². The fourth-order valence-electron chi connectivity index (χ4n) is 1.14. The number of amides is 1. The van der Waals surface area contributed by atoms with Crippen LogP contribution in [0.1, 0.15) is 20.8 Å². The van der Waals surface area contributed by atoms with Gasteiger partial charge in [-0.2, -0.15) is 5.10 Å². The van der Waals surface area contributed by atoms with Crippen LogP contribution in [-0.2, 0) is 0 Å². The Labute approximate surface area is 94.7 Å². The molecule has 0 saturated heterocycles. The lowest BCUT2D eigenvalue weighted by atomic mass is 10.3. The average Bonchev–Trinajstić information content (AvgIpc) is 2.78. The zero-order valence-electron chi connectivity index (χ0n) is 8.44. The SMILES string of the molecule is NC(=O)c1ccc(-n2cc(C(=O)O)cn2)nn1. The van der Waals surface area contributed by atoms with E-state index in [-0.39, 0.29) is 11.3 Å². The van der Waals surface area contributed by atoms with Crippen LogP contribution in [0, 0.1) is 0 Å². The number of carbonyl (C=O) groups excluding carboxylic acids is 1. The summed E-state index contributed by atoms with van der Waals surface area (Å²) < 4.78 is 1.24. The molecular formula is C9H7N5O3. The van der Waals surface area contributed by atoms with Crippen molar-refractivity contribution in [3.05, 3.63) is 35.8 Å². The van der Waals surface area contributed by atoms with E-state index >= 15 is 0 Å². The average molecular weight is 233 g/mol. The number of hydrogen-bond acceptors (Lipinski definition) is 5.